The molecule has 0 amide bonds. The molecule has 5 nitrogen and oxygen atoms in total. The van der Waals surface area contributed by atoms with Gasteiger partial charge >= 0.3 is 10.1 Å². The van der Waals surface area contributed by atoms with Gasteiger partial charge in [-0.15, -0.1) is 0 Å². The molecule has 0 aliphatic heterocycles. The molecule has 0 atom stereocenters. The summed E-state index contributed by atoms with van der Waals surface area (Å²) in [4.78, 5) is -0.148. The van der Waals surface area contributed by atoms with Crippen molar-refractivity contribution in [2.75, 3.05) is 6.26 Å². The SMILES string of the molecule is Cc1cc(S(C)(=O)=O)c(C)c(S(=O)(=O)Oc2ccc(C(C)C)cc2)c1. The summed E-state index contributed by atoms with van der Waals surface area (Å²) in [6.45, 7) is 7.18. The predicted molar refractivity (Wildman–Crippen MR) is 97.4 cm³/mol. The first-order chi connectivity index (χ1) is 11.4. The lowest BCUT2D eigenvalue weighted by Crippen LogP contribution is -2.14. The molecule has 0 spiro atoms. The summed E-state index contributed by atoms with van der Waals surface area (Å²) >= 11 is 0. The molecule has 7 heteroatoms. The molecule has 0 aliphatic carbocycles. The third-order valence-electron chi connectivity index (χ3n) is 3.88. The van der Waals surface area contributed by atoms with Crippen LogP contribution in [0.2, 0.25) is 0 Å². The molecule has 2 aromatic carbocycles. The second-order valence-corrected chi connectivity index (χ2v) is 9.92. The average molecular weight is 383 g/mol. The second kappa shape index (κ2) is 6.80. The highest BCUT2D eigenvalue weighted by Gasteiger charge is 2.24. The maximum Gasteiger partial charge on any atom is 0.339 e. The van der Waals surface area contributed by atoms with Gasteiger partial charge in [-0.3, -0.25) is 0 Å². The number of benzene rings is 2. The lowest BCUT2D eigenvalue weighted by Gasteiger charge is -2.14. The van der Waals surface area contributed by atoms with Crippen LogP contribution >= 0.6 is 0 Å². The van der Waals surface area contributed by atoms with Crippen molar-refractivity contribution in [3.8, 4) is 5.75 Å². The Morgan fingerprint density at radius 3 is 1.88 bits per heavy atom. The Hall–Kier alpha value is -1.86. The van der Waals surface area contributed by atoms with Crippen LogP contribution in [0.1, 0.15) is 36.5 Å². The largest absolute Gasteiger partial charge is 0.379 e. The van der Waals surface area contributed by atoms with Gasteiger partial charge in [0.15, 0.2) is 9.84 Å². The van der Waals surface area contributed by atoms with Crippen LogP contribution in [0.3, 0.4) is 0 Å². The fourth-order valence-electron chi connectivity index (χ4n) is 2.52. The lowest BCUT2D eigenvalue weighted by atomic mass is 10.0. The normalized spacial score (nSPS) is 12.4. The summed E-state index contributed by atoms with van der Waals surface area (Å²) < 4.78 is 54.3. The number of hydrogen-bond donors (Lipinski definition) is 0. The number of aryl methyl sites for hydroxylation is 1. The van der Waals surface area contributed by atoms with Crippen LogP contribution in [-0.2, 0) is 20.0 Å². The Bertz CT molecular complexity index is 987. The molecule has 25 heavy (non-hydrogen) atoms. The first kappa shape index (κ1) is 19.5. The van der Waals surface area contributed by atoms with Crippen molar-refractivity contribution < 1.29 is 21.0 Å². The van der Waals surface area contributed by atoms with Crippen molar-refractivity contribution in [2.24, 2.45) is 0 Å². The quantitative estimate of drug-likeness (QED) is 0.739. The minimum absolute atomic E-state index is 0.00942. The van der Waals surface area contributed by atoms with E-state index in [1.165, 1.54) is 19.1 Å². The Balaban J connectivity index is 2.48. The fraction of sp³-hybridized carbons (Fsp3) is 0.333. The van der Waals surface area contributed by atoms with E-state index in [0.717, 1.165) is 11.8 Å². The van der Waals surface area contributed by atoms with Crippen LogP contribution in [0.4, 0.5) is 0 Å². The molecule has 0 unspecified atom stereocenters. The van der Waals surface area contributed by atoms with Crippen LogP contribution in [0.25, 0.3) is 0 Å². The molecule has 0 fully saturated rings. The van der Waals surface area contributed by atoms with E-state index < -0.39 is 20.0 Å². The van der Waals surface area contributed by atoms with Gasteiger partial charge in [-0.05, 0) is 60.7 Å². The fourth-order valence-corrected chi connectivity index (χ4v) is 4.92. The highest BCUT2D eigenvalue weighted by Crippen LogP contribution is 2.28. The Morgan fingerprint density at radius 1 is 0.880 bits per heavy atom. The molecule has 0 radical (unpaired) electrons. The number of sulfone groups is 1. The van der Waals surface area contributed by atoms with Crippen molar-refractivity contribution in [3.05, 3.63) is 53.1 Å². The van der Waals surface area contributed by atoms with Gasteiger partial charge in [0.1, 0.15) is 10.6 Å². The number of rotatable bonds is 5. The van der Waals surface area contributed by atoms with Crippen LogP contribution in [0, 0.1) is 13.8 Å². The monoisotopic (exact) mass is 382 g/mol. The summed E-state index contributed by atoms with van der Waals surface area (Å²) in [5, 5.41) is 0. The summed E-state index contributed by atoms with van der Waals surface area (Å²) in [5.74, 6) is 0.508. The van der Waals surface area contributed by atoms with Crippen LogP contribution in [-0.4, -0.2) is 23.1 Å². The second-order valence-electron chi connectivity index (χ2n) is 6.42. The molecule has 2 aromatic rings. The van der Waals surface area contributed by atoms with Gasteiger partial charge in [-0.2, -0.15) is 8.42 Å². The molecule has 136 valence electrons. The Labute approximate surface area is 149 Å². The van der Waals surface area contributed by atoms with Crippen molar-refractivity contribution >= 4 is 20.0 Å². The minimum Gasteiger partial charge on any atom is -0.379 e. The Morgan fingerprint density at radius 2 is 1.40 bits per heavy atom. The summed E-state index contributed by atoms with van der Waals surface area (Å²) in [6, 6.07) is 9.68. The molecular formula is C18H22O5S2. The molecule has 0 heterocycles. The first-order valence-electron chi connectivity index (χ1n) is 7.77. The van der Waals surface area contributed by atoms with Gasteiger partial charge in [-0.1, -0.05) is 26.0 Å². The molecule has 0 saturated heterocycles. The van der Waals surface area contributed by atoms with Crippen LogP contribution in [0.5, 0.6) is 5.75 Å². The first-order valence-corrected chi connectivity index (χ1v) is 11.1. The van der Waals surface area contributed by atoms with Crippen molar-refractivity contribution in [2.45, 2.75) is 43.4 Å². The molecule has 0 aromatic heterocycles. The predicted octanol–water partition coefficient (Wildman–Crippen LogP) is 3.60. The zero-order valence-corrected chi connectivity index (χ0v) is 16.5. The molecule has 0 N–H and O–H groups in total. The molecule has 0 saturated carbocycles. The topological polar surface area (TPSA) is 77.5 Å². The smallest absolute Gasteiger partial charge is 0.339 e. The third-order valence-corrected chi connectivity index (χ3v) is 6.48. The summed E-state index contributed by atoms with van der Waals surface area (Å²) in [7, 11) is -7.69. The Kier molecular flexibility index (Phi) is 5.30. The lowest BCUT2D eigenvalue weighted by molar-refractivity contribution is 0.485. The maximum absolute atomic E-state index is 12.7. The standard InChI is InChI=1S/C18H22O5S2/c1-12(2)15-6-8-16(9-7-15)23-25(21,22)18-11-13(3)10-17(14(18)4)24(5,19)20/h6-12H,1-5H3. The van der Waals surface area contributed by atoms with E-state index in [1.807, 2.05) is 13.8 Å². The van der Waals surface area contributed by atoms with E-state index in [-0.39, 0.29) is 21.1 Å². The van der Waals surface area contributed by atoms with Crippen molar-refractivity contribution in [3.63, 3.8) is 0 Å². The van der Waals surface area contributed by atoms with Gasteiger partial charge in [0, 0.05) is 6.26 Å². The highest BCUT2D eigenvalue weighted by molar-refractivity contribution is 7.91. The van der Waals surface area contributed by atoms with Crippen LogP contribution < -0.4 is 4.18 Å². The molecular weight excluding hydrogens is 360 g/mol. The van der Waals surface area contributed by atoms with E-state index in [4.69, 9.17) is 4.18 Å². The molecule has 0 aliphatic rings. The summed E-state index contributed by atoms with van der Waals surface area (Å²) in [5.41, 5.74) is 1.76. The minimum atomic E-state index is -4.15. The van der Waals surface area contributed by atoms with Gasteiger partial charge in [0.05, 0.1) is 4.90 Å². The van der Waals surface area contributed by atoms with Crippen LogP contribution in [0.15, 0.2) is 46.2 Å². The highest BCUT2D eigenvalue weighted by atomic mass is 32.2. The third kappa shape index (κ3) is 4.41. The van der Waals surface area contributed by atoms with Gasteiger partial charge in [0.2, 0.25) is 0 Å². The summed E-state index contributed by atoms with van der Waals surface area (Å²) in [6.07, 6.45) is 1.05. The van der Waals surface area contributed by atoms with E-state index in [0.29, 0.717) is 11.5 Å². The molecule has 0 bridgehead atoms. The van der Waals surface area contributed by atoms with Crippen molar-refractivity contribution in [1.82, 2.24) is 0 Å². The van der Waals surface area contributed by atoms with Gasteiger partial charge in [-0.25, -0.2) is 8.42 Å². The van der Waals surface area contributed by atoms with E-state index >= 15 is 0 Å². The van der Waals surface area contributed by atoms with Gasteiger partial charge in [0.25, 0.3) is 0 Å². The van der Waals surface area contributed by atoms with E-state index in [1.54, 1.807) is 31.2 Å². The zero-order valence-electron chi connectivity index (χ0n) is 14.9. The maximum atomic E-state index is 12.7. The van der Waals surface area contributed by atoms with Crippen molar-refractivity contribution in [1.29, 1.82) is 0 Å². The van der Waals surface area contributed by atoms with Gasteiger partial charge < -0.3 is 4.18 Å². The zero-order chi connectivity index (χ0) is 19.0. The average Bonchev–Trinajstić information content (AvgIpc) is 2.48. The number of hydrogen-bond acceptors (Lipinski definition) is 5. The van der Waals surface area contributed by atoms with E-state index in [9.17, 15) is 16.8 Å². The molecule has 2 rings (SSSR count). The van der Waals surface area contributed by atoms with E-state index in [2.05, 4.69) is 0 Å².